The van der Waals surface area contributed by atoms with Crippen LogP contribution in [0.1, 0.15) is 19.8 Å². The first-order valence-electron chi connectivity index (χ1n) is 4.76. The van der Waals surface area contributed by atoms with Gasteiger partial charge in [-0.3, -0.25) is 9.69 Å². The zero-order valence-electron chi connectivity index (χ0n) is 8.29. The monoisotopic (exact) mass is 186 g/mol. The number of nitrogens with zero attached hydrogens (tertiary/aromatic N) is 1. The molecule has 13 heavy (non-hydrogen) atoms. The molecule has 0 aromatic rings. The van der Waals surface area contributed by atoms with E-state index in [0.717, 1.165) is 13.0 Å². The summed E-state index contributed by atoms with van der Waals surface area (Å²) in [6, 6.07) is 0.402. The van der Waals surface area contributed by atoms with Gasteiger partial charge in [-0.05, 0) is 13.3 Å². The summed E-state index contributed by atoms with van der Waals surface area (Å²) >= 11 is 0. The standard InChI is InChI=1S/C9H18N2O2/c1-7-5-8(12)6-11(7)4-3-9(13)10-2/h7-8,12H,3-6H2,1-2H3,(H,10,13). The van der Waals surface area contributed by atoms with Gasteiger partial charge in [0.15, 0.2) is 0 Å². The number of aliphatic hydroxyl groups excluding tert-OH is 1. The van der Waals surface area contributed by atoms with E-state index >= 15 is 0 Å². The molecule has 0 aromatic carbocycles. The van der Waals surface area contributed by atoms with Gasteiger partial charge in [0.25, 0.3) is 0 Å². The molecule has 2 unspecified atom stereocenters. The molecule has 1 rings (SSSR count). The molecule has 0 aromatic heterocycles. The van der Waals surface area contributed by atoms with Gasteiger partial charge in [0, 0.05) is 32.6 Å². The fourth-order valence-electron chi connectivity index (χ4n) is 1.75. The minimum absolute atomic E-state index is 0.0635. The molecule has 0 spiro atoms. The summed E-state index contributed by atoms with van der Waals surface area (Å²) in [7, 11) is 1.64. The van der Waals surface area contributed by atoms with E-state index in [4.69, 9.17) is 0 Å². The molecule has 2 atom stereocenters. The van der Waals surface area contributed by atoms with Gasteiger partial charge >= 0.3 is 0 Å². The van der Waals surface area contributed by atoms with Crippen LogP contribution in [-0.4, -0.2) is 48.2 Å². The van der Waals surface area contributed by atoms with Crippen LogP contribution in [0.2, 0.25) is 0 Å². The highest BCUT2D eigenvalue weighted by molar-refractivity contribution is 5.75. The zero-order valence-corrected chi connectivity index (χ0v) is 8.29. The lowest BCUT2D eigenvalue weighted by molar-refractivity contribution is -0.120. The van der Waals surface area contributed by atoms with Crippen molar-refractivity contribution in [3.8, 4) is 0 Å². The maximum atomic E-state index is 11.0. The summed E-state index contributed by atoms with van der Waals surface area (Å²) in [5.41, 5.74) is 0. The molecule has 2 N–H and O–H groups in total. The van der Waals surface area contributed by atoms with E-state index in [0.29, 0.717) is 19.0 Å². The number of hydrogen-bond donors (Lipinski definition) is 2. The van der Waals surface area contributed by atoms with Crippen molar-refractivity contribution in [1.82, 2.24) is 10.2 Å². The molecule has 0 radical (unpaired) electrons. The van der Waals surface area contributed by atoms with Gasteiger partial charge in [0.2, 0.25) is 5.91 Å². The Morgan fingerprint density at radius 2 is 2.38 bits per heavy atom. The number of carbonyl (C=O) groups excluding carboxylic acids is 1. The summed E-state index contributed by atoms with van der Waals surface area (Å²) < 4.78 is 0. The Labute approximate surface area is 78.9 Å². The first kappa shape index (κ1) is 10.5. The highest BCUT2D eigenvalue weighted by Crippen LogP contribution is 2.16. The average Bonchev–Trinajstić information content (AvgIpc) is 2.41. The van der Waals surface area contributed by atoms with Crippen molar-refractivity contribution in [1.29, 1.82) is 0 Å². The largest absolute Gasteiger partial charge is 0.392 e. The van der Waals surface area contributed by atoms with Crippen molar-refractivity contribution in [2.75, 3.05) is 20.1 Å². The summed E-state index contributed by atoms with van der Waals surface area (Å²) in [5, 5.41) is 11.9. The summed E-state index contributed by atoms with van der Waals surface area (Å²) in [4.78, 5) is 13.1. The van der Waals surface area contributed by atoms with Gasteiger partial charge in [-0.1, -0.05) is 0 Å². The van der Waals surface area contributed by atoms with E-state index in [-0.39, 0.29) is 12.0 Å². The third-order valence-electron chi connectivity index (χ3n) is 2.59. The molecular formula is C9H18N2O2. The fourth-order valence-corrected chi connectivity index (χ4v) is 1.75. The van der Waals surface area contributed by atoms with E-state index in [1.807, 2.05) is 0 Å². The van der Waals surface area contributed by atoms with Crippen LogP contribution < -0.4 is 5.32 Å². The predicted octanol–water partition coefficient (Wildman–Crippen LogP) is -0.422. The topological polar surface area (TPSA) is 52.6 Å². The lowest BCUT2D eigenvalue weighted by Crippen LogP contribution is -2.32. The molecule has 1 aliphatic heterocycles. The van der Waals surface area contributed by atoms with Crippen molar-refractivity contribution in [2.45, 2.75) is 31.9 Å². The maximum absolute atomic E-state index is 11.0. The number of likely N-dealkylation sites (tertiary alicyclic amines) is 1. The Hall–Kier alpha value is -0.610. The van der Waals surface area contributed by atoms with Crippen LogP contribution in [0, 0.1) is 0 Å². The molecule has 0 bridgehead atoms. The van der Waals surface area contributed by atoms with Crippen LogP contribution in [-0.2, 0) is 4.79 Å². The Morgan fingerprint density at radius 1 is 1.69 bits per heavy atom. The van der Waals surface area contributed by atoms with Crippen LogP contribution in [0.3, 0.4) is 0 Å². The molecule has 4 nitrogen and oxygen atoms in total. The number of aliphatic hydroxyl groups is 1. The molecule has 76 valence electrons. The fraction of sp³-hybridized carbons (Fsp3) is 0.889. The second-order valence-electron chi connectivity index (χ2n) is 3.66. The Kier molecular flexibility index (Phi) is 3.69. The highest BCUT2D eigenvalue weighted by atomic mass is 16.3. The predicted molar refractivity (Wildman–Crippen MR) is 50.3 cm³/mol. The van der Waals surface area contributed by atoms with Gasteiger partial charge in [0.05, 0.1) is 6.10 Å². The molecule has 1 saturated heterocycles. The number of β-amino-alcohol motifs (C(OH)–C–C–N with tert-alkyl or cyclic N) is 1. The molecule has 1 fully saturated rings. The number of amides is 1. The molecule has 0 saturated carbocycles. The van der Waals surface area contributed by atoms with Crippen molar-refractivity contribution in [3.63, 3.8) is 0 Å². The van der Waals surface area contributed by atoms with Gasteiger partial charge in [-0.2, -0.15) is 0 Å². The van der Waals surface area contributed by atoms with Crippen molar-refractivity contribution in [2.24, 2.45) is 0 Å². The minimum Gasteiger partial charge on any atom is -0.392 e. The highest BCUT2D eigenvalue weighted by Gasteiger charge is 2.27. The quantitative estimate of drug-likeness (QED) is 0.629. The van der Waals surface area contributed by atoms with Crippen LogP contribution in [0.15, 0.2) is 0 Å². The zero-order chi connectivity index (χ0) is 9.84. The molecule has 1 amide bonds. The lowest BCUT2D eigenvalue weighted by Gasteiger charge is -2.19. The normalized spacial score (nSPS) is 29.2. The van der Waals surface area contributed by atoms with Crippen molar-refractivity contribution >= 4 is 5.91 Å². The minimum atomic E-state index is -0.209. The van der Waals surface area contributed by atoms with E-state index in [9.17, 15) is 9.90 Å². The smallest absolute Gasteiger partial charge is 0.221 e. The number of carbonyl (C=O) groups is 1. The summed E-state index contributed by atoms with van der Waals surface area (Å²) in [6.07, 6.45) is 1.14. The molecule has 0 aliphatic carbocycles. The van der Waals surface area contributed by atoms with E-state index in [1.165, 1.54) is 0 Å². The third-order valence-corrected chi connectivity index (χ3v) is 2.59. The van der Waals surface area contributed by atoms with E-state index in [1.54, 1.807) is 7.05 Å². The number of hydrogen-bond acceptors (Lipinski definition) is 3. The molecule has 1 aliphatic rings. The Balaban J connectivity index is 2.25. The van der Waals surface area contributed by atoms with Crippen LogP contribution in [0.4, 0.5) is 0 Å². The first-order chi connectivity index (χ1) is 6.13. The van der Waals surface area contributed by atoms with Crippen LogP contribution >= 0.6 is 0 Å². The number of rotatable bonds is 3. The molecule has 1 heterocycles. The first-order valence-corrected chi connectivity index (χ1v) is 4.76. The van der Waals surface area contributed by atoms with Gasteiger partial charge in [-0.25, -0.2) is 0 Å². The van der Waals surface area contributed by atoms with Crippen molar-refractivity contribution in [3.05, 3.63) is 0 Å². The van der Waals surface area contributed by atoms with Crippen LogP contribution in [0.25, 0.3) is 0 Å². The van der Waals surface area contributed by atoms with Gasteiger partial charge < -0.3 is 10.4 Å². The SMILES string of the molecule is CNC(=O)CCN1CC(O)CC1C. The van der Waals surface area contributed by atoms with Gasteiger partial charge in [0.1, 0.15) is 0 Å². The van der Waals surface area contributed by atoms with Crippen LogP contribution in [0.5, 0.6) is 0 Å². The second-order valence-corrected chi connectivity index (χ2v) is 3.66. The van der Waals surface area contributed by atoms with Gasteiger partial charge in [-0.15, -0.1) is 0 Å². The number of nitrogens with one attached hydrogen (secondary N) is 1. The Bertz CT molecular complexity index is 184. The molecule has 4 heteroatoms. The summed E-state index contributed by atoms with van der Waals surface area (Å²) in [5.74, 6) is 0.0635. The lowest BCUT2D eigenvalue weighted by atomic mass is 10.2. The average molecular weight is 186 g/mol. The van der Waals surface area contributed by atoms with E-state index < -0.39 is 0 Å². The maximum Gasteiger partial charge on any atom is 0.221 e. The second kappa shape index (κ2) is 4.58. The van der Waals surface area contributed by atoms with Crippen molar-refractivity contribution < 1.29 is 9.90 Å². The summed E-state index contributed by atoms with van der Waals surface area (Å²) in [6.45, 7) is 3.54. The molecular weight excluding hydrogens is 168 g/mol. The Morgan fingerprint density at radius 3 is 2.85 bits per heavy atom. The third kappa shape index (κ3) is 2.97. The van der Waals surface area contributed by atoms with E-state index in [2.05, 4.69) is 17.1 Å².